The van der Waals surface area contributed by atoms with Gasteiger partial charge in [-0.3, -0.25) is 0 Å². The lowest BCUT2D eigenvalue weighted by atomic mass is 10.0. The number of benzene rings is 1. The first-order valence-corrected chi connectivity index (χ1v) is 5.06. The molecule has 0 radical (unpaired) electrons. The number of alkyl halides is 7. The second-order valence-electron chi connectivity index (χ2n) is 3.30. The van der Waals surface area contributed by atoms with E-state index in [0.717, 1.165) is 7.11 Å². The van der Waals surface area contributed by atoms with E-state index in [1.807, 2.05) is 0 Å². The van der Waals surface area contributed by atoms with E-state index in [2.05, 4.69) is 4.74 Å². The summed E-state index contributed by atoms with van der Waals surface area (Å²) in [5.41, 5.74) is -3.24. The van der Waals surface area contributed by atoms with Gasteiger partial charge in [0.05, 0.1) is 24.1 Å². The summed E-state index contributed by atoms with van der Waals surface area (Å²) in [6.07, 6.45) is -9.60. The molecule has 0 saturated heterocycles. The summed E-state index contributed by atoms with van der Waals surface area (Å²) in [4.78, 5) is 0. The van der Waals surface area contributed by atoms with Crippen molar-refractivity contribution in [1.29, 1.82) is 0 Å². The molecule has 0 fully saturated rings. The fourth-order valence-corrected chi connectivity index (χ4v) is 1.75. The van der Waals surface area contributed by atoms with Gasteiger partial charge in [0.15, 0.2) is 0 Å². The molecule has 1 aromatic carbocycles. The topological polar surface area (TPSA) is 9.23 Å². The normalized spacial score (nSPS) is 12.7. The molecule has 1 nitrogen and oxygen atoms in total. The maximum atomic E-state index is 12.6. The zero-order valence-corrected chi connectivity index (χ0v) is 9.67. The zero-order chi connectivity index (χ0) is 14.1. The van der Waals surface area contributed by atoms with Crippen molar-refractivity contribution in [3.8, 4) is 5.75 Å². The Morgan fingerprint density at radius 2 is 1.44 bits per heavy atom. The molecule has 8 heteroatoms. The number of halogens is 7. The molecule has 18 heavy (non-hydrogen) atoms. The summed E-state index contributed by atoms with van der Waals surface area (Å²) < 4.78 is 79.9. The lowest BCUT2D eigenvalue weighted by Gasteiger charge is -2.19. The molecule has 0 atom stereocenters. The quantitative estimate of drug-likeness (QED) is 0.577. The average Bonchev–Trinajstić information content (AvgIpc) is 2.24. The molecule has 102 valence electrons. The standard InChI is InChI=1S/C10H7ClF6O/c1-18-8-5(4-11)6(9(12,13)14)2-3-7(8)10(15,16)17/h2-3H,4H2,1H3. The van der Waals surface area contributed by atoms with Gasteiger partial charge in [-0.2, -0.15) is 26.3 Å². The molecule has 0 aliphatic heterocycles. The minimum absolute atomic E-state index is 0.331. The van der Waals surface area contributed by atoms with Crippen LogP contribution < -0.4 is 4.74 Å². The Morgan fingerprint density at radius 1 is 1.00 bits per heavy atom. The molecule has 1 aromatic rings. The highest BCUT2D eigenvalue weighted by molar-refractivity contribution is 6.17. The molecule has 0 aromatic heterocycles. The Balaban J connectivity index is 3.57. The van der Waals surface area contributed by atoms with Gasteiger partial charge in [-0.1, -0.05) is 0 Å². The van der Waals surface area contributed by atoms with Crippen molar-refractivity contribution in [1.82, 2.24) is 0 Å². The third-order valence-electron chi connectivity index (χ3n) is 2.21. The predicted molar refractivity (Wildman–Crippen MR) is 52.6 cm³/mol. The summed E-state index contributed by atoms with van der Waals surface area (Å²) in [5, 5.41) is 0. The van der Waals surface area contributed by atoms with Crippen LogP contribution in [0.3, 0.4) is 0 Å². The van der Waals surface area contributed by atoms with Crippen LogP contribution in [0.15, 0.2) is 12.1 Å². The van der Waals surface area contributed by atoms with Crippen LogP contribution in [0.1, 0.15) is 16.7 Å². The highest BCUT2D eigenvalue weighted by Gasteiger charge is 2.40. The fourth-order valence-electron chi connectivity index (χ4n) is 1.48. The Kier molecular flexibility index (Phi) is 4.05. The summed E-state index contributed by atoms with van der Waals surface area (Å²) >= 11 is 5.30. The van der Waals surface area contributed by atoms with Crippen molar-refractivity contribution in [2.45, 2.75) is 18.2 Å². The molecule has 0 aliphatic carbocycles. The van der Waals surface area contributed by atoms with Crippen LogP contribution >= 0.6 is 11.6 Å². The van der Waals surface area contributed by atoms with Gasteiger partial charge >= 0.3 is 12.4 Å². The molecular weight excluding hydrogens is 286 g/mol. The van der Waals surface area contributed by atoms with E-state index in [4.69, 9.17) is 11.6 Å². The van der Waals surface area contributed by atoms with Gasteiger partial charge in [0.25, 0.3) is 0 Å². The van der Waals surface area contributed by atoms with Crippen LogP contribution in [-0.2, 0) is 18.2 Å². The Labute approximate surface area is 103 Å². The maximum absolute atomic E-state index is 12.6. The van der Waals surface area contributed by atoms with Crippen molar-refractivity contribution >= 4 is 11.6 Å². The van der Waals surface area contributed by atoms with Gasteiger partial charge in [-0.05, 0) is 12.1 Å². The van der Waals surface area contributed by atoms with E-state index in [9.17, 15) is 26.3 Å². The monoisotopic (exact) mass is 292 g/mol. The van der Waals surface area contributed by atoms with Crippen molar-refractivity contribution in [3.05, 3.63) is 28.8 Å². The molecule has 0 N–H and O–H groups in total. The third-order valence-corrected chi connectivity index (χ3v) is 2.48. The minimum atomic E-state index is -4.81. The highest BCUT2D eigenvalue weighted by Crippen LogP contribution is 2.43. The van der Waals surface area contributed by atoms with Crippen LogP contribution in [-0.4, -0.2) is 7.11 Å². The molecule has 0 heterocycles. The summed E-state index contributed by atoms with van der Waals surface area (Å²) in [6.45, 7) is 0. The summed E-state index contributed by atoms with van der Waals surface area (Å²) in [6, 6.07) is 0.681. The van der Waals surface area contributed by atoms with Gasteiger partial charge in [0.1, 0.15) is 5.75 Å². The lowest BCUT2D eigenvalue weighted by molar-refractivity contribution is -0.142. The van der Waals surface area contributed by atoms with Gasteiger partial charge in [0, 0.05) is 5.56 Å². The zero-order valence-electron chi connectivity index (χ0n) is 8.92. The van der Waals surface area contributed by atoms with E-state index in [1.165, 1.54) is 0 Å². The Hall–Kier alpha value is -1.11. The Bertz CT molecular complexity index is 396. The predicted octanol–water partition coefficient (Wildman–Crippen LogP) is 4.47. The van der Waals surface area contributed by atoms with Crippen LogP contribution in [0, 0.1) is 0 Å². The third kappa shape index (κ3) is 2.82. The van der Waals surface area contributed by atoms with E-state index < -0.39 is 40.7 Å². The first-order chi connectivity index (χ1) is 8.12. The second kappa shape index (κ2) is 4.87. The van der Waals surface area contributed by atoms with E-state index in [1.54, 1.807) is 0 Å². The molecule has 0 saturated carbocycles. The van der Waals surface area contributed by atoms with Crippen molar-refractivity contribution in [2.75, 3.05) is 7.11 Å². The van der Waals surface area contributed by atoms with Crippen LogP contribution in [0.5, 0.6) is 5.75 Å². The van der Waals surface area contributed by atoms with Gasteiger partial charge in [-0.15, -0.1) is 11.6 Å². The van der Waals surface area contributed by atoms with Crippen molar-refractivity contribution in [2.24, 2.45) is 0 Å². The van der Waals surface area contributed by atoms with E-state index >= 15 is 0 Å². The van der Waals surface area contributed by atoms with E-state index in [-0.39, 0.29) is 0 Å². The van der Waals surface area contributed by atoms with E-state index in [0.29, 0.717) is 12.1 Å². The average molecular weight is 293 g/mol. The first-order valence-electron chi connectivity index (χ1n) is 4.53. The minimum Gasteiger partial charge on any atom is -0.496 e. The second-order valence-corrected chi connectivity index (χ2v) is 3.57. The molecule has 1 rings (SSSR count). The van der Waals surface area contributed by atoms with Gasteiger partial charge < -0.3 is 4.74 Å². The van der Waals surface area contributed by atoms with Crippen LogP contribution in [0.2, 0.25) is 0 Å². The smallest absolute Gasteiger partial charge is 0.419 e. The van der Waals surface area contributed by atoms with Crippen LogP contribution in [0.4, 0.5) is 26.3 Å². The molecular formula is C10H7ClF6O. The lowest BCUT2D eigenvalue weighted by Crippen LogP contribution is -2.14. The van der Waals surface area contributed by atoms with Crippen molar-refractivity contribution < 1.29 is 31.1 Å². The number of rotatable bonds is 2. The fraction of sp³-hybridized carbons (Fsp3) is 0.400. The Morgan fingerprint density at radius 3 is 1.78 bits per heavy atom. The van der Waals surface area contributed by atoms with Gasteiger partial charge in [-0.25, -0.2) is 0 Å². The highest BCUT2D eigenvalue weighted by atomic mass is 35.5. The largest absolute Gasteiger partial charge is 0.496 e. The summed E-state index contributed by atoms with van der Waals surface area (Å²) in [7, 11) is 0.862. The molecule has 0 bridgehead atoms. The number of methoxy groups -OCH3 is 1. The van der Waals surface area contributed by atoms with Crippen molar-refractivity contribution in [3.63, 3.8) is 0 Å². The first kappa shape index (κ1) is 14.9. The van der Waals surface area contributed by atoms with Crippen LogP contribution in [0.25, 0.3) is 0 Å². The molecule has 0 aliphatic rings. The number of hydrogen-bond donors (Lipinski definition) is 0. The SMILES string of the molecule is COc1c(C(F)(F)F)ccc(C(F)(F)F)c1CCl. The molecule has 0 unspecified atom stereocenters. The number of hydrogen-bond acceptors (Lipinski definition) is 1. The number of ether oxygens (including phenoxy) is 1. The summed E-state index contributed by atoms with van der Waals surface area (Å²) in [5.74, 6) is -1.63. The maximum Gasteiger partial charge on any atom is 0.419 e. The molecule has 0 amide bonds. The molecule has 0 spiro atoms. The van der Waals surface area contributed by atoms with Gasteiger partial charge in [0.2, 0.25) is 0 Å².